The van der Waals surface area contributed by atoms with Crippen molar-refractivity contribution in [2.45, 2.75) is 45.4 Å². The number of unbranched alkanes of at least 4 members (excludes halogenated alkanes) is 1. The fraction of sp³-hybridized carbons (Fsp3) is 0.400. The van der Waals surface area contributed by atoms with E-state index in [0.29, 0.717) is 0 Å². The van der Waals surface area contributed by atoms with Gasteiger partial charge in [0.25, 0.3) is 0 Å². The molecule has 3 rings (SSSR count). The molecule has 20 heavy (non-hydrogen) atoms. The molecule has 0 spiro atoms. The Balaban J connectivity index is 1.78. The first-order chi connectivity index (χ1) is 9.86. The van der Waals surface area contributed by atoms with Crippen molar-refractivity contribution in [3.63, 3.8) is 0 Å². The highest BCUT2D eigenvalue weighted by molar-refractivity contribution is 5.65. The van der Waals surface area contributed by atoms with Crippen LogP contribution in [0.1, 0.15) is 43.7 Å². The Bertz CT molecular complexity index is 554. The number of aryl methyl sites for hydroxylation is 1. The third kappa shape index (κ3) is 2.95. The molecule has 1 aliphatic carbocycles. The zero-order valence-electron chi connectivity index (χ0n) is 12.4. The minimum absolute atomic E-state index is 0.921. The van der Waals surface area contributed by atoms with Crippen molar-refractivity contribution in [3.8, 4) is 11.1 Å². The van der Waals surface area contributed by atoms with E-state index in [0.717, 1.165) is 5.92 Å². The van der Waals surface area contributed by atoms with Crippen LogP contribution in [0.5, 0.6) is 0 Å². The Hall–Kier alpha value is -1.56. The molecule has 0 amide bonds. The van der Waals surface area contributed by atoms with Crippen LogP contribution in [0.3, 0.4) is 0 Å². The second-order valence-corrected chi connectivity index (χ2v) is 6.10. The van der Waals surface area contributed by atoms with Crippen LogP contribution >= 0.6 is 0 Å². The summed E-state index contributed by atoms with van der Waals surface area (Å²) in [6, 6.07) is 17.8. The van der Waals surface area contributed by atoms with Crippen LogP contribution in [0.4, 0.5) is 0 Å². The molecule has 0 N–H and O–H groups in total. The topological polar surface area (TPSA) is 0 Å². The molecule has 2 aromatic carbocycles. The molecule has 0 heterocycles. The first kappa shape index (κ1) is 13.4. The van der Waals surface area contributed by atoms with Crippen molar-refractivity contribution in [1.29, 1.82) is 0 Å². The van der Waals surface area contributed by atoms with E-state index in [-0.39, 0.29) is 0 Å². The number of hydrogen-bond donors (Lipinski definition) is 0. The van der Waals surface area contributed by atoms with Gasteiger partial charge in [0, 0.05) is 0 Å². The molecule has 104 valence electrons. The Morgan fingerprint density at radius 3 is 2.60 bits per heavy atom. The summed E-state index contributed by atoms with van der Waals surface area (Å²) in [5.74, 6) is 0.921. The largest absolute Gasteiger partial charge is 0.0654 e. The maximum absolute atomic E-state index is 2.42. The second-order valence-electron chi connectivity index (χ2n) is 6.10. The van der Waals surface area contributed by atoms with E-state index in [4.69, 9.17) is 0 Å². The quantitative estimate of drug-likeness (QED) is 0.669. The summed E-state index contributed by atoms with van der Waals surface area (Å²) >= 11 is 0. The molecule has 1 unspecified atom stereocenters. The molecule has 0 saturated heterocycles. The summed E-state index contributed by atoms with van der Waals surface area (Å²) < 4.78 is 0. The number of hydrogen-bond acceptors (Lipinski definition) is 0. The summed E-state index contributed by atoms with van der Waals surface area (Å²) in [6.45, 7) is 2.29. The van der Waals surface area contributed by atoms with Gasteiger partial charge in [-0.1, -0.05) is 74.7 Å². The summed E-state index contributed by atoms with van der Waals surface area (Å²) in [5, 5.41) is 0. The van der Waals surface area contributed by atoms with Gasteiger partial charge in [-0.2, -0.15) is 0 Å². The Labute approximate surface area is 122 Å². The zero-order valence-corrected chi connectivity index (χ0v) is 12.4. The lowest BCUT2D eigenvalue weighted by atomic mass is 9.80. The van der Waals surface area contributed by atoms with Crippen LogP contribution in [0.2, 0.25) is 0 Å². The molecular formula is C20H24. The number of rotatable bonds is 4. The SMILES string of the molecule is CCCCC1CCc2cc(-c3ccccc3)ccc2C1. The molecule has 0 fully saturated rings. The van der Waals surface area contributed by atoms with Gasteiger partial charge in [0.1, 0.15) is 0 Å². The molecule has 0 nitrogen and oxygen atoms in total. The maximum atomic E-state index is 2.42. The van der Waals surface area contributed by atoms with E-state index >= 15 is 0 Å². The van der Waals surface area contributed by atoms with Gasteiger partial charge in [-0.3, -0.25) is 0 Å². The highest BCUT2D eigenvalue weighted by Crippen LogP contribution is 2.31. The molecule has 1 atom stereocenters. The van der Waals surface area contributed by atoms with Gasteiger partial charge >= 0.3 is 0 Å². The highest BCUT2D eigenvalue weighted by atomic mass is 14.2. The number of fused-ring (bicyclic) bond motifs is 1. The third-order valence-corrected chi connectivity index (χ3v) is 4.61. The lowest BCUT2D eigenvalue weighted by Crippen LogP contribution is -2.14. The van der Waals surface area contributed by atoms with E-state index < -0.39 is 0 Å². The molecule has 1 aliphatic rings. The van der Waals surface area contributed by atoms with Gasteiger partial charge in [-0.25, -0.2) is 0 Å². The van der Waals surface area contributed by atoms with E-state index in [9.17, 15) is 0 Å². The van der Waals surface area contributed by atoms with Gasteiger partial charge < -0.3 is 0 Å². The van der Waals surface area contributed by atoms with Crippen molar-refractivity contribution >= 4 is 0 Å². The molecule has 0 radical (unpaired) electrons. The van der Waals surface area contributed by atoms with Crippen LogP contribution < -0.4 is 0 Å². The number of benzene rings is 2. The van der Waals surface area contributed by atoms with Crippen LogP contribution in [-0.2, 0) is 12.8 Å². The molecule has 0 heteroatoms. The smallest absolute Gasteiger partial charge is 0.0181 e. The van der Waals surface area contributed by atoms with Crippen molar-refractivity contribution in [2.75, 3.05) is 0 Å². The van der Waals surface area contributed by atoms with Crippen molar-refractivity contribution < 1.29 is 0 Å². The minimum Gasteiger partial charge on any atom is -0.0654 e. The molecule has 0 bridgehead atoms. The van der Waals surface area contributed by atoms with Gasteiger partial charge in [0.15, 0.2) is 0 Å². The molecular weight excluding hydrogens is 240 g/mol. The summed E-state index contributed by atoms with van der Waals surface area (Å²) in [4.78, 5) is 0. The highest BCUT2D eigenvalue weighted by Gasteiger charge is 2.18. The lowest BCUT2D eigenvalue weighted by molar-refractivity contribution is 0.413. The molecule has 2 aromatic rings. The van der Waals surface area contributed by atoms with Gasteiger partial charge in [-0.15, -0.1) is 0 Å². The van der Waals surface area contributed by atoms with Crippen LogP contribution in [0.15, 0.2) is 48.5 Å². The monoisotopic (exact) mass is 264 g/mol. The van der Waals surface area contributed by atoms with Crippen LogP contribution in [0, 0.1) is 5.92 Å². The first-order valence-electron chi connectivity index (χ1n) is 8.04. The minimum atomic E-state index is 0.921. The predicted octanol–water partition coefficient (Wildman–Crippen LogP) is 5.65. The van der Waals surface area contributed by atoms with Gasteiger partial charge in [-0.05, 0) is 47.4 Å². The van der Waals surface area contributed by atoms with Gasteiger partial charge in [0.05, 0.1) is 0 Å². The molecule has 0 aliphatic heterocycles. The van der Waals surface area contributed by atoms with E-state index in [1.54, 1.807) is 11.1 Å². The average molecular weight is 264 g/mol. The van der Waals surface area contributed by atoms with Crippen LogP contribution in [0.25, 0.3) is 11.1 Å². The predicted molar refractivity (Wildman–Crippen MR) is 86.9 cm³/mol. The zero-order chi connectivity index (χ0) is 13.8. The Morgan fingerprint density at radius 1 is 0.950 bits per heavy atom. The first-order valence-corrected chi connectivity index (χ1v) is 8.04. The average Bonchev–Trinajstić information content (AvgIpc) is 2.53. The second kappa shape index (κ2) is 6.26. The van der Waals surface area contributed by atoms with Crippen molar-refractivity contribution in [1.82, 2.24) is 0 Å². The van der Waals surface area contributed by atoms with E-state index in [2.05, 4.69) is 55.5 Å². The Morgan fingerprint density at radius 2 is 1.80 bits per heavy atom. The fourth-order valence-corrected chi connectivity index (χ4v) is 3.38. The Kier molecular flexibility index (Phi) is 4.20. The van der Waals surface area contributed by atoms with Crippen LogP contribution in [-0.4, -0.2) is 0 Å². The van der Waals surface area contributed by atoms with Crippen molar-refractivity contribution in [3.05, 3.63) is 59.7 Å². The normalized spacial score (nSPS) is 17.8. The summed E-state index contributed by atoms with van der Waals surface area (Å²) in [6.07, 6.45) is 8.08. The maximum Gasteiger partial charge on any atom is -0.0181 e. The van der Waals surface area contributed by atoms with E-state index in [1.165, 1.54) is 49.7 Å². The lowest BCUT2D eigenvalue weighted by Gasteiger charge is -2.25. The van der Waals surface area contributed by atoms with E-state index in [1.807, 2.05) is 0 Å². The molecule has 0 aromatic heterocycles. The standard InChI is InChI=1S/C20H24/c1-2-3-7-16-10-11-20-15-19(13-12-18(20)14-16)17-8-5-4-6-9-17/h4-6,8-9,12-13,15-16H,2-3,7,10-11,14H2,1H3. The third-order valence-electron chi connectivity index (χ3n) is 4.61. The summed E-state index contributed by atoms with van der Waals surface area (Å²) in [5.41, 5.74) is 5.89. The fourth-order valence-electron chi connectivity index (χ4n) is 3.38. The summed E-state index contributed by atoms with van der Waals surface area (Å²) in [7, 11) is 0. The molecule has 0 saturated carbocycles. The van der Waals surface area contributed by atoms with Gasteiger partial charge in [0.2, 0.25) is 0 Å². The van der Waals surface area contributed by atoms with Crippen molar-refractivity contribution in [2.24, 2.45) is 5.92 Å².